The molecule has 1 aromatic rings. The smallest absolute Gasteiger partial charge is 0.252 e. The fraction of sp³-hybridized carbons (Fsp3) is 0.682. The number of hydrogen-bond acceptors (Lipinski definition) is 5. The maximum Gasteiger partial charge on any atom is 0.252 e. The molecule has 1 saturated carbocycles. The molecule has 158 valence electrons. The molecular formula is C22H35NO5. The molecule has 28 heavy (non-hydrogen) atoms. The molecule has 3 unspecified atom stereocenters. The number of aliphatic hydroxyl groups excluding tert-OH is 2. The van der Waals surface area contributed by atoms with Crippen molar-refractivity contribution in [2.75, 3.05) is 19.8 Å². The van der Waals surface area contributed by atoms with Crippen LogP contribution in [-0.2, 0) is 11.2 Å². The second-order valence-electron chi connectivity index (χ2n) is 8.42. The van der Waals surface area contributed by atoms with Crippen molar-refractivity contribution in [2.24, 2.45) is 17.8 Å². The van der Waals surface area contributed by atoms with Crippen LogP contribution >= 0.6 is 0 Å². The molecule has 4 atom stereocenters. The van der Waals surface area contributed by atoms with Crippen LogP contribution in [0.4, 0.5) is 0 Å². The summed E-state index contributed by atoms with van der Waals surface area (Å²) in [5.74, 6) is 0.883. The molecule has 1 fully saturated rings. The Kier molecular flexibility index (Phi) is 8.28. The van der Waals surface area contributed by atoms with Gasteiger partial charge in [-0.3, -0.25) is 4.79 Å². The summed E-state index contributed by atoms with van der Waals surface area (Å²) in [7, 11) is 0. The number of nitrogens with one attached hydrogen (secondary N) is 1. The van der Waals surface area contributed by atoms with Crippen LogP contribution in [0.25, 0.3) is 0 Å². The molecule has 2 rings (SSSR count). The molecule has 0 spiro atoms. The van der Waals surface area contributed by atoms with Gasteiger partial charge in [0, 0.05) is 6.54 Å². The van der Waals surface area contributed by atoms with Crippen LogP contribution in [0.3, 0.4) is 0 Å². The normalized spacial score (nSPS) is 26.1. The summed E-state index contributed by atoms with van der Waals surface area (Å²) in [6.45, 7) is 6.26. The highest BCUT2D eigenvalue weighted by Crippen LogP contribution is 2.41. The molecule has 4 N–H and O–H groups in total. The van der Waals surface area contributed by atoms with Crippen molar-refractivity contribution in [1.29, 1.82) is 0 Å². The largest absolute Gasteiger partial charge is 0.491 e. The molecule has 0 heterocycles. The first-order chi connectivity index (χ1) is 13.3. The van der Waals surface area contributed by atoms with Crippen LogP contribution in [0.15, 0.2) is 24.3 Å². The quantitative estimate of drug-likeness (QED) is 0.514. The third-order valence-electron chi connectivity index (χ3n) is 5.74. The number of benzene rings is 1. The summed E-state index contributed by atoms with van der Waals surface area (Å²) in [5.41, 5.74) is -0.412. The highest BCUT2D eigenvalue weighted by Gasteiger charge is 2.48. The summed E-state index contributed by atoms with van der Waals surface area (Å²) in [6, 6.07) is 7.42. The molecule has 6 nitrogen and oxygen atoms in total. The maximum absolute atomic E-state index is 12.9. The zero-order chi connectivity index (χ0) is 20.7. The average Bonchev–Trinajstić information content (AvgIpc) is 2.66. The number of ether oxygens (including phenoxy) is 1. The lowest BCUT2D eigenvalue weighted by atomic mass is 9.66. The first-order valence-electron chi connectivity index (χ1n) is 10.3. The van der Waals surface area contributed by atoms with Crippen molar-refractivity contribution in [1.82, 2.24) is 5.32 Å². The lowest BCUT2D eigenvalue weighted by Gasteiger charge is -2.43. The first-order valence-corrected chi connectivity index (χ1v) is 10.3. The van der Waals surface area contributed by atoms with Crippen LogP contribution in [0.1, 0.15) is 45.6 Å². The Bertz CT molecular complexity index is 635. The van der Waals surface area contributed by atoms with Gasteiger partial charge in [0.15, 0.2) is 0 Å². The van der Waals surface area contributed by atoms with E-state index in [-0.39, 0.29) is 31.0 Å². The minimum atomic E-state index is -1.31. The number of aliphatic hydroxyl groups is 3. The summed E-state index contributed by atoms with van der Waals surface area (Å²) in [4.78, 5) is 12.9. The van der Waals surface area contributed by atoms with Crippen LogP contribution < -0.4 is 10.1 Å². The molecule has 0 bridgehead atoms. The van der Waals surface area contributed by atoms with Crippen molar-refractivity contribution in [3.63, 3.8) is 0 Å². The van der Waals surface area contributed by atoms with Gasteiger partial charge in [0.2, 0.25) is 0 Å². The van der Waals surface area contributed by atoms with Gasteiger partial charge >= 0.3 is 0 Å². The summed E-state index contributed by atoms with van der Waals surface area (Å²) < 4.78 is 5.57. The number of hydrogen-bond donors (Lipinski definition) is 4. The van der Waals surface area contributed by atoms with E-state index in [0.717, 1.165) is 18.4 Å². The fourth-order valence-electron chi connectivity index (χ4n) is 4.19. The van der Waals surface area contributed by atoms with Crippen LogP contribution in [0.5, 0.6) is 5.75 Å². The molecule has 0 radical (unpaired) electrons. The molecule has 1 aliphatic carbocycles. The Morgan fingerprint density at radius 1 is 1.32 bits per heavy atom. The summed E-state index contributed by atoms with van der Waals surface area (Å²) in [5, 5.41) is 32.5. The average molecular weight is 394 g/mol. The van der Waals surface area contributed by atoms with E-state index >= 15 is 0 Å². The monoisotopic (exact) mass is 393 g/mol. The van der Waals surface area contributed by atoms with Crippen molar-refractivity contribution < 1.29 is 24.9 Å². The van der Waals surface area contributed by atoms with Crippen LogP contribution in [-0.4, -0.2) is 52.7 Å². The molecular weight excluding hydrogens is 358 g/mol. The van der Waals surface area contributed by atoms with Gasteiger partial charge in [-0.05, 0) is 48.6 Å². The van der Waals surface area contributed by atoms with Crippen molar-refractivity contribution in [2.45, 2.75) is 58.2 Å². The third kappa shape index (κ3) is 5.69. The molecule has 6 heteroatoms. The Labute approximate surface area is 167 Å². The zero-order valence-corrected chi connectivity index (χ0v) is 17.2. The zero-order valence-electron chi connectivity index (χ0n) is 17.2. The molecule has 1 aromatic carbocycles. The molecule has 0 aliphatic heterocycles. The fourth-order valence-corrected chi connectivity index (χ4v) is 4.19. The lowest BCUT2D eigenvalue weighted by molar-refractivity contribution is -0.155. The van der Waals surface area contributed by atoms with E-state index < -0.39 is 11.7 Å². The Morgan fingerprint density at radius 3 is 2.71 bits per heavy atom. The van der Waals surface area contributed by atoms with Crippen molar-refractivity contribution in [3.05, 3.63) is 29.8 Å². The highest BCUT2D eigenvalue weighted by atomic mass is 16.5. The maximum atomic E-state index is 12.9. The summed E-state index contributed by atoms with van der Waals surface area (Å²) >= 11 is 0. The van der Waals surface area contributed by atoms with E-state index in [4.69, 9.17) is 9.84 Å². The van der Waals surface area contributed by atoms with Gasteiger partial charge in [-0.15, -0.1) is 0 Å². The van der Waals surface area contributed by atoms with E-state index in [9.17, 15) is 15.0 Å². The van der Waals surface area contributed by atoms with Gasteiger partial charge in [0.1, 0.15) is 24.1 Å². The highest BCUT2D eigenvalue weighted by molar-refractivity contribution is 5.85. The van der Waals surface area contributed by atoms with Crippen LogP contribution in [0, 0.1) is 17.8 Å². The minimum absolute atomic E-state index is 0.00752. The second kappa shape index (κ2) is 10.2. The van der Waals surface area contributed by atoms with Gasteiger partial charge in [-0.1, -0.05) is 45.4 Å². The Morgan fingerprint density at radius 2 is 2.04 bits per heavy atom. The molecule has 1 aliphatic rings. The number of amides is 1. The van der Waals surface area contributed by atoms with E-state index in [0.29, 0.717) is 31.1 Å². The van der Waals surface area contributed by atoms with Gasteiger partial charge in [-0.25, -0.2) is 0 Å². The molecule has 0 saturated heterocycles. The van der Waals surface area contributed by atoms with E-state index in [1.807, 2.05) is 18.2 Å². The Hall–Kier alpha value is -1.63. The number of carbonyl (C=O) groups excluding carboxylic acids is 1. The van der Waals surface area contributed by atoms with E-state index in [2.05, 4.69) is 26.1 Å². The SMILES string of the molecule is CC1CCC(C(C)C)C(O)(C(=O)NCCc2ccccc2OC[C@H](O)CO)C1. The Balaban J connectivity index is 1.96. The standard InChI is InChI=1S/C22H35NO5/c1-15(2)19-9-8-16(3)12-22(19,27)21(26)23-11-10-17-6-4-5-7-20(17)28-14-18(25)13-24/h4-7,15-16,18-19,24-25,27H,8-14H2,1-3H3,(H,23,26)/t16?,18-,19?,22?/m1/s1. The predicted molar refractivity (Wildman–Crippen MR) is 108 cm³/mol. The van der Waals surface area contributed by atoms with E-state index in [1.54, 1.807) is 6.07 Å². The second-order valence-corrected chi connectivity index (χ2v) is 8.42. The van der Waals surface area contributed by atoms with Gasteiger partial charge in [0.25, 0.3) is 5.91 Å². The van der Waals surface area contributed by atoms with Crippen molar-refractivity contribution in [3.8, 4) is 5.75 Å². The van der Waals surface area contributed by atoms with Crippen molar-refractivity contribution >= 4 is 5.91 Å². The number of rotatable bonds is 9. The summed E-state index contributed by atoms with van der Waals surface area (Å²) in [6.07, 6.45) is 2.04. The van der Waals surface area contributed by atoms with Gasteiger partial charge < -0.3 is 25.4 Å². The molecule has 1 amide bonds. The van der Waals surface area contributed by atoms with E-state index in [1.165, 1.54) is 0 Å². The van der Waals surface area contributed by atoms with Gasteiger partial charge in [-0.2, -0.15) is 0 Å². The predicted octanol–water partition coefficient (Wildman–Crippen LogP) is 1.90. The minimum Gasteiger partial charge on any atom is -0.491 e. The third-order valence-corrected chi connectivity index (χ3v) is 5.74. The lowest BCUT2D eigenvalue weighted by Crippen LogP contribution is -2.56. The number of carbonyl (C=O) groups is 1. The van der Waals surface area contributed by atoms with Crippen LogP contribution in [0.2, 0.25) is 0 Å². The number of para-hydroxylation sites is 1. The molecule has 0 aromatic heterocycles. The first kappa shape index (κ1) is 22.7. The topological polar surface area (TPSA) is 99.0 Å². The van der Waals surface area contributed by atoms with Gasteiger partial charge in [0.05, 0.1) is 6.61 Å².